The molecule has 2 aromatic rings. The molecule has 0 aliphatic carbocycles. The summed E-state index contributed by atoms with van der Waals surface area (Å²) in [7, 11) is 0. The van der Waals surface area contributed by atoms with Crippen LogP contribution in [-0.4, -0.2) is 0 Å². The van der Waals surface area contributed by atoms with Gasteiger partial charge in [-0.25, -0.2) is 0 Å². The molecule has 23 heavy (non-hydrogen) atoms. The molecule has 0 saturated heterocycles. The molecule has 0 aliphatic rings. The number of aryl methyl sites for hydroxylation is 1. The molecule has 2 aromatic carbocycles. The van der Waals surface area contributed by atoms with Crippen molar-refractivity contribution >= 4 is 12.8 Å². The van der Waals surface area contributed by atoms with E-state index >= 15 is 0 Å². The van der Waals surface area contributed by atoms with Gasteiger partial charge >= 0.3 is 6.18 Å². The van der Waals surface area contributed by atoms with Gasteiger partial charge in [-0.2, -0.15) is 13.2 Å². The number of hydrogen-bond acceptors (Lipinski definition) is 2. The van der Waals surface area contributed by atoms with Crippen LogP contribution in [0.2, 0.25) is 0 Å². The smallest absolute Gasteiger partial charge is 0.281 e. The Hall–Kier alpha value is -1.46. The minimum Gasteiger partial charge on any atom is -0.281 e. The molecule has 0 atom stereocenters. The van der Waals surface area contributed by atoms with Crippen LogP contribution in [0.3, 0.4) is 0 Å². The Bertz CT molecular complexity index is 658. The SMILES string of the molecule is Cc1cc(-c2cccc(C(F)(F)F)c2)ccc1C(C)(C)C.NS. The van der Waals surface area contributed by atoms with E-state index in [1.807, 2.05) is 25.1 Å². The van der Waals surface area contributed by atoms with Gasteiger partial charge in [0, 0.05) is 0 Å². The average Bonchev–Trinajstić information content (AvgIpc) is 2.47. The van der Waals surface area contributed by atoms with Gasteiger partial charge in [-0.3, -0.25) is 5.14 Å². The van der Waals surface area contributed by atoms with Gasteiger partial charge in [0.2, 0.25) is 0 Å². The van der Waals surface area contributed by atoms with Gasteiger partial charge in [0.05, 0.1) is 5.56 Å². The first kappa shape index (κ1) is 19.6. The zero-order chi connectivity index (χ0) is 17.8. The molecule has 0 fully saturated rings. The highest BCUT2D eigenvalue weighted by atomic mass is 32.1. The molecular weight excluding hydrogens is 319 g/mol. The van der Waals surface area contributed by atoms with Crippen molar-refractivity contribution in [3.8, 4) is 11.1 Å². The number of alkyl halides is 3. The van der Waals surface area contributed by atoms with E-state index < -0.39 is 11.7 Å². The monoisotopic (exact) mass is 341 g/mol. The van der Waals surface area contributed by atoms with Crippen LogP contribution >= 0.6 is 12.8 Å². The molecule has 126 valence electrons. The zero-order valence-corrected chi connectivity index (χ0v) is 14.6. The van der Waals surface area contributed by atoms with Crippen molar-refractivity contribution < 1.29 is 13.2 Å². The van der Waals surface area contributed by atoms with Gasteiger partial charge in [0.25, 0.3) is 0 Å². The van der Waals surface area contributed by atoms with Crippen LogP contribution in [0.1, 0.15) is 37.5 Å². The van der Waals surface area contributed by atoms with Crippen LogP contribution in [0.15, 0.2) is 42.5 Å². The predicted molar refractivity (Wildman–Crippen MR) is 93.5 cm³/mol. The summed E-state index contributed by atoms with van der Waals surface area (Å²) in [4.78, 5) is 0. The lowest BCUT2D eigenvalue weighted by Crippen LogP contribution is -2.12. The van der Waals surface area contributed by atoms with Gasteiger partial charge in [-0.15, -0.1) is 12.8 Å². The van der Waals surface area contributed by atoms with E-state index in [0.717, 1.165) is 17.2 Å². The van der Waals surface area contributed by atoms with Crippen LogP contribution in [0, 0.1) is 6.92 Å². The Morgan fingerprint density at radius 1 is 0.870 bits per heavy atom. The Morgan fingerprint density at radius 2 is 1.43 bits per heavy atom. The molecule has 0 amide bonds. The summed E-state index contributed by atoms with van der Waals surface area (Å²) in [5, 5.41) is 4.19. The third kappa shape index (κ3) is 5.01. The van der Waals surface area contributed by atoms with Crippen molar-refractivity contribution in [3.05, 3.63) is 59.2 Å². The summed E-state index contributed by atoms with van der Waals surface area (Å²) < 4.78 is 38.3. The lowest BCUT2D eigenvalue weighted by atomic mass is 9.83. The van der Waals surface area contributed by atoms with Crippen LogP contribution in [-0.2, 0) is 11.6 Å². The van der Waals surface area contributed by atoms with E-state index in [0.29, 0.717) is 5.56 Å². The fourth-order valence-corrected chi connectivity index (χ4v) is 2.56. The molecule has 0 heterocycles. The summed E-state index contributed by atoms with van der Waals surface area (Å²) in [6.45, 7) is 8.37. The van der Waals surface area contributed by atoms with E-state index in [1.165, 1.54) is 17.7 Å². The summed E-state index contributed by atoms with van der Waals surface area (Å²) in [5.74, 6) is 0. The van der Waals surface area contributed by atoms with E-state index in [9.17, 15) is 13.2 Å². The van der Waals surface area contributed by atoms with E-state index in [1.54, 1.807) is 6.07 Å². The fourth-order valence-electron chi connectivity index (χ4n) is 2.56. The minimum atomic E-state index is -4.31. The summed E-state index contributed by atoms with van der Waals surface area (Å²) >= 11 is 3.03. The van der Waals surface area contributed by atoms with Crippen LogP contribution in [0.5, 0.6) is 0 Å². The van der Waals surface area contributed by atoms with Crippen molar-refractivity contribution in [3.63, 3.8) is 0 Å². The third-order valence-electron chi connectivity index (χ3n) is 3.56. The highest BCUT2D eigenvalue weighted by Crippen LogP contribution is 2.34. The van der Waals surface area contributed by atoms with Crippen molar-refractivity contribution in [2.24, 2.45) is 5.14 Å². The van der Waals surface area contributed by atoms with E-state index in [-0.39, 0.29) is 5.41 Å². The molecule has 0 saturated carbocycles. The van der Waals surface area contributed by atoms with Crippen LogP contribution in [0.4, 0.5) is 13.2 Å². The van der Waals surface area contributed by atoms with E-state index in [2.05, 4.69) is 38.7 Å². The first-order valence-electron chi connectivity index (χ1n) is 7.13. The number of benzene rings is 2. The highest BCUT2D eigenvalue weighted by Gasteiger charge is 2.30. The summed E-state index contributed by atoms with van der Waals surface area (Å²) in [5.41, 5.74) is 3.12. The molecule has 0 bridgehead atoms. The second kappa shape index (κ2) is 7.41. The van der Waals surface area contributed by atoms with Gasteiger partial charge in [-0.1, -0.05) is 51.1 Å². The largest absolute Gasteiger partial charge is 0.416 e. The van der Waals surface area contributed by atoms with Gasteiger partial charge in [0.1, 0.15) is 0 Å². The van der Waals surface area contributed by atoms with E-state index in [4.69, 9.17) is 0 Å². The summed E-state index contributed by atoms with van der Waals surface area (Å²) in [6, 6.07) is 11.3. The number of thiol groups is 1. The van der Waals surface area contributed by atoms with Crippen LogP contribution in [0.25, 0.3) is 11.1 Å². The molecule has 0 aromatic heterocycles. The van der Waals surface area contributed by atoms with Gasteiger partial charge < -0.3 is 0 Å². The zero-order valence-electron chi connectivity index (χ0n) is 13.7. The third-order valence-corrected chi connectivity index (χ3v) is 3.56. The normalized spacial score (nSPS) is 11.7. The predicted octanol–water partition coefficient (Wildman–Crippen LogP) is 5.77. The van der Waals surface area contributed by atoms with Crippen LogP contribution < -0.4 is 5.14 Å². The maximum atomic E-state index is 12.8. The molecule has 0 radical (unpaired) electrons. The Morgan fingerprint density at radius 3 is 1.91 bits per heavy atom. The second-order valence-electron chi connectivity index (χ2n) is 6.36. The maximum Gasteiger partial charge on any atom is 0.416 e. The number of halogens is 3. The topological polar surface area (TPSA) is 26.0 Å². The molecule has 2 N–H and O–H groups in total. The quantitative estimate of drug-likeness (QED) is 0.633. The Labute approximate surface area is 141 Å². The van der Waals surface area contributed by atoms with Gasteiger partial charge in [-0.05, 0) is 46.7 Å². The lowest BCUT2D eigenvalue weighted by molar-refractivity contribution is -0.137. The molecular formula is C18H22F3NS. The molecule has 0 unspecified atom stereocenters. The lowest BCUT2D eigenvalue weighted by Gasteiger charge is -2.22. The molecule has 2 rings (SSSR count). The van der Waals surface area contributed by atoms with Crippen molar-refractivity contribution in [2.45, 2.75) is 39.3 Å². The summed E-state index contributed by atoms with van der Waals surface area (Å²) in [6.07, 6.45) is -4.31. The number of hydrogen-bond donors (Lipinski definition) is 2. The first-order valence-corrected chi connectivity index (χ1v) is 7.65. The second-order valence-corrected chi connectivity index (χ2v) is 6.36. The fraction of sp³-hybridized carbons (Fsp3) is 0.333. The minimum absolute atomic E-state index is 0.0242. The first-order chi connectivity index (χ1) is 10.6. The highest BCUT2D eigenvalue weighted by molar-refractivity contribution is 7.77. The molecule has 0 aliphatic heterocycles. The molecule has 5 heteroatoms. The Balaban J connectivity index is 0.00000127. The van der Waals surface area contributed by atoms with Gasteiger partial charge in [0.15, 0.2) is 0 Å². The van der Waals surface area contributed by atoms with Crippen molar-refractivity contribution in [2.75, 3.05) is 0 Å². The molecule has 0 spiro atoms. The van der Waals surface area contributed by atoms with Crippen molar-refractivity contribution in [1.29, 1.82) is 0 Å². The maximum absolute atomic E-state index is 12.8. The average molecular weight is 341 g/mol. The van der Waals surface area contributed by atoms with Crippen molar-refractivity contribution in [1.82, 2.24) is 0 Å². The number of rotatable bonds is 1. The standard InChI is InChI=1S/C18H19F3.H3NS/c1-12-10-14(8-9-16(12)17(2,3)4)13-6-5-7-15(11-13)18(19,20)21;1-2/h5-11H,1-4H3;2H,1H2. The molecule has 1 nitrogen and oxygen atoms in total. The number of nitrogens with two attached hydrogens (primary N) is 1. The Kier molecular flexibility index (Phi) is 6.31.